The molecule has 4 aromatic rings. The van der Waals surface area contributed by atoms with Crippen LogP contribution in [0.5, 0.6) is 0 Å². The Hall–Kier alpha value is -2.35. The number of anilines is 2. The van der Waals surface area contributed by atoms with E-state index < -0.39 is 0 Å². The van der Waals surface area contributed by atoms with Crippen LogP contribution >= 0.6 is 36.4 Å². The van der Waals surface area contributed by atoms with Crippen LogP contribution in [-0.2, 0) is 6.54 Å². The van der Waals surface area contributed by atoms with E-state index in [0.29, 0.717) is 5.02 Å². The first kappa shape index (κ1) is 25.3. The zero-order chi connectivity index (χ0) is 21.2. The van der Waals surface area contributed by atoms with E-state index in [-0.39, 0.29) is 24.8 Å². The van der Waals surface area contributed by atoms with E-state index in [1.807, 2.05) is 24.3 Å². The van der Waals surface area contributed by atoms with Crippen molar-refractivity contribution in [3.8, 4) is 11.3 Å². The number of aromatic amines is 1. The van der Waals surface area contributed by atoms with Gasteiger partial charge in [-0.25, -0.2) is 9.97 Å². The Morgan fingerprint density at radius 1 is 0.970 bits per heavy atom. The molecule has 2 aromatic heterocycles. The lowest BCUT2D eigenvalue weighted by Crippen LogP contribution is -2.43. The van der Waals surface area contributed by atoms with Crippen molar-refractivity contribution < 1.29 is 0 Å². The summed E-state index contributed by atoms with van der Waals surface area (Å²) in [6, 6.07) is 18.5. The topological polar surface area (TPSA) is 60.1 Å². The Morgan fingerprint density at radius 3 is 2.45 bits per heavy atom. The van der Waals surface area contributed by atoms with Crippen molar-refractivity contribution in [1.82, 2.24) is 24.8 Å². The Balaban J connectivity index is 0.00000153. The van der Waals surface area contributed by atoms with Gasteiger partial charge in [0.2, 0.25) is 0 Å². The zero-order valence-electron chi connectivity index (χ0n) is 18.3. The molecule has 5 rings (SSSR count). The van der Waals surface area contributed by atoms with E-state index in [1.54, 1.807) is 6.33 Å². The van der Waals surface area contributed by atoms with E-state index in [0.717, 1.165) is 66.5 Å². The minimum Gasteiger partial charge on any atom is -0.340 e. The van der Waals surface area contributed by atoms with Gasteiger partial charge in [-0.2, -0.15) is 0 Å². The first-order valence-electron chi connectivity index (χ1n) is 10.5. The van der Waals surface area contributed by atoms with Crippen LogP contribution in [0.2, 0.25) is 5.02 Å². The van der Waals surface area contributed by atoms with E-state index in [9.17, 15) is 0 Å². The Bertz CT molecular complexity index is 1190. The molecule has 0 radical (unpaired) electrons. The summed E-state index contributed by atoms with van der Waals surface area (Å²) in [6.07, 6.45) is 1.56. The number of halogens is 3. The fraction of sp³-hybridized carbons (Fsp3) is 0.250. The zero-order valence-corrected chi connectivity index (χ0v) is 20.7. The van der Waals surface area contributed by atoms with Gasteiger partial charge >= 0.3 is 0 Å². The molecule has 174 valence electrons. The lowest BCUT2D eigenvalue weighted by Gasteiger charge is -2.32. The maximum Gasteiger partial charge on any atom is 0.143 e. The predicted octanol–water partition coefficient (Wildman–Crippen LogP) is 5.61. The van der Waals surface area contributed by atoms with Crippen LogP contribution in [0.3, 0.4) is 0 Å². The number of nitrogens with one attached hydrogen (secondary N) is 2. The molecular formula is C24H27Cl3N6. The van der Waals surface area contributed by atoms with Gasteiger partial charge in [0, 0.05) is 49.1 Å². The lowest BCUT2D eigenvalue weighted by molar-refractivity contribution is 0.148. The quantitative estimate of drug-likeness (QED) is 0.369. The highest BCUT2D eigenvalue weighted by atomic mass is 35.5. The van der Waals surface area contributed by atoms with Gasteiger partial charge in [-0.05, 0) is 42.4 Å². The molecule has 0 aliphatic carbocycles. The number of piperazine rings is 1. The molecule has 0 spiro atoms. The third-order valence-electron chi connectivity index (χ3n) is 5.78. The molecule has 1 fully saturated rings. The highest BCUT2D eigenvalue weighted by Crippen LogP contribution is 2.29. The molecule has 1 saturated heterocycles. The average molecular weight is 506 g/mol. The van der Waals surface area contributed by atoms with Crippen LogP contribution in [0.25, 0.3) is 22.3 Å². The van der Waals surface area contributed by atoms with Gasteiger partial charge in [0.1, 0.15) is 17.8 Å². The van der Waals surface area contributed by atoms with Crippen molar-refractivity contribution in [1.29, 1.82) is 0 Å². The second-order valence-corrected chi connectivity index (χ2v) is 8.52. The predicted molar refractivity (Wildman–Crippen MR) is 141 cm³/mol. The van der Waals surface area contributed by atoms with Crippen molar-refractivity contribution >= 4 is 59.0 Å². The van der Waals surface area contributed by atoms with Crippen molar-refractivity contribution in [3.63, 3.8) is 0 Å². The highest BCUT2D eigenvalue weighted by Gasteiger charge is 2.14. The first-order valence-corrected chi connectivity index (χ1v) is 10.9. The average Bonchev–Trinajstić information content (AvgIpc) is 3.21. The number of fused-ring (bicyclic) bond motifs is 1. The number of nitrogens with zero attached hydrogens (tertiary/aromatic N) is 4. The number of benzene rings is 2. The van der Waals surface area contributed by atoms with Gasteiger partial charge in [-0.1, -0.05) is 41.9 Å². The van der Waals surface area contributed by atoms with Gasteiger partial charge in [0.15, 0.2) is 0 Å². The fourth-order valence-corrected chi connectivity index (χ4v) is 4.14. The SMILES string of the molecule is CN1CCN(Cc2ccc(-c3cc4c(Nc5cccc(Cl)c5)ncnc4[nH]3)cc2)CC1.Cl.Cl. The molecule has 3 heterocycles. The molecule has 0 amide bonds. The standard InChI is InChI=1S/C24H25ClN6.2ClH/c1-30-9-11-31(12-10-30)15-17-5-7-18(8-6-17)22-14-21-23(26-16-27-24(21)29-22)28-20-4-2-3-19(25)13-20;;/h2-8,13-14,16H,9-12,15H2,1H3,(H2,26,27,28,29);2*1H. The van der Waals surface area contributed by atoms with Crippen LogP contribution < -0.4 is 5.32 Å². The second-order valence-electron chi connectivity index (χ2n) is 8.08. The maximum atomic E-state index is 6.11. The van der Waals surface area contributed by atoms with Crippen LogP contribution in [-0.4, -0.2) is 58.0 Å². The van der Waals surface area contributed by atoms with Gasteiger partial charge in [-0.3, -0.25) is 4.90 Å². The van der Waals surface area contributed by atoms with Gasteiger partial charge in [0.25, 0.3) is 0 Å². The molecule has 0 atom stereocenters. The first-order chi connectivity index (χ1) is 15.1. The van der Waals surface area contributed by atoms with Crippen molar-refractivity contribution in [3.05, 3.63) is 71.5 Å². The van der Waals surface area contributed by atoms with Crippen molar-refractivity contribution in [2.75, 3.05) is 38.5 Å². The molecule has 0 saturated carbocycles. The summed E-state index contributed by atoms with van der Waals surface area (Å²) < 4.78 is 0. The van der Waals surface area contributed by atoms with Crippen LogP contribution in [0.15, 0.2) is 60.9 Å². The molecule has 0 unspecified atom stereocenters. The summed E-state index contributed by atoms with van der Waals surface area (Å²) in [5, 5.41) is 4.97. The smallest absolute Gasteiger partial charge is 0.143 e. The number of hydrogen-bond donors (Lipinski definition) is 2. The van der Waals surface area contributed by atoms with Gasteiger partial charge in [-0.15, -0.1) is 24.8 Å². The summed E-state index contributed by atoms with van der Waals surface area (Å²) >= 11 is 6.11. The minimum atomic E-state index is 0. The van der Waals surface area contributed by atoms with E-state index >= 15 is 0 Å². The number of likely N-dealkylation sites (N-methyl/N-ethyl adjacent to an activating group) is 1. The van der Waals surface area contributed by atoms with Crippen LogP contribution in [0, 0.1) is 0 Å². The highest BCUT2D eigenvalue weighted by molar-refractivity contribution is 6.30. The maximum absolute atomic E-state index is 6.11. The lowest BCUT2D eigenvalue weighted by atomic mass is 10.1. The summed E-state index contributed by atoms with van der Waals surface area (Å²) in [7, 11) is 2.19. The molecule has 9 heteroatoms. The van der Waals surface area contributed by atoms with Gasteiger partial charge < -0.3 is 15.2 Å². The third-order valence-corrected chi connectivity index (χ3v) is 6.02. The number of rotatable bonds is 5. The number of aromatic nitrogens is 3. The van der Waals surface area contributed by atoms with Crippen molar-refractivity contribution in [2.24, 2.45) is 0 Å². The Labute approximate surface area is 211 Å². The van der Waals surface area contributed by atoms with E-state index in [1.165, 1.54) is 5.56 Å². The van der Waals surface area contributed by atoms with E-state index in [2.05, 4.69) is 67.4 Å². The minimum absolute atomic E-state index is 0. The van der Waals surface area contributed by atoms with Crippen molar-refractivity contribution in [2.45, 2.75) is 6.54 Å². The fourth-order valence-electron chi connectivity index (χ4n) is 3.95. The largest absolute Gasteiger partial charge is 0.340 e. The molecular weight excluding hydrogens is 479 g/mol. The van der Waals surface area contributed by atoms with Crippen LogP contribution in [0.4, 0.5) is 11.5 Å². The molecule has 2 N–H and O–H groups in total. The molecule has 1 aliphatic heterocycles. The van der Waals surface area contributed by atoms with E-state index in [4.69, 9.17) is 11.6 Å². The summed E-state index contributed by atoms with van der Waals surface area (Å²) in [4.78, 5) is 17.2. The Morgan fingerprint density at radius 2 is 1.73 bits per heavy atom. The normalized spacial score (nSPS) is 14.5. The molecule has 0 bridgehead atoms. The summed E-state index contributed by atoms with van der Waals surface area (Å²) in [6.45, 7) is 5.53. The summed E-state index contributed by atoms with van der Waals surface area (Å²) in [5.41, 5.74) is 5.19. The molecule has 6 nitrogen and oxygen atoms in total. The van der Waals surface area contributed by atoms with Crippen LogP contribution in [0.1, 0.15) is 5.56 Å². The molecule has 33 heavy (non-hydrogen) atoms. The number of H-pyrrole nitrogens is 1. The monoisotopic (exact) mass is 504 g/mol. The molecule has 2 aromatic carbocycles. The summed E-state index contributed by atoms with van der Waals surface area (Å²) in [5.74, 6) is 0.751. The number of hydrogen-bond acceptors (Lipinski definition) is 5. The molecule has 1 aliphatic rings. The third kappa shape index (κ3) is 5.96. The Kier molecular flexibility index (Phi) is 8.57. The van der Waals surface area contributed by atoms with Gasteiger partial charge in [0.05, 0.1) is 5.39 Å². The second kappa shape index (κ2) is 11.2.